The van der Waals surface area contributed by atoms with Crippen molar-refractivity contribution in [2.45, 2.75) is 6.92 Å². The molecular formula is C15H14N4OS. The average molecular weight is 298 g/mol. The van der Waals surface area contributed by atoms with Gasteiger partial charge in [-0.05, 0) is 19.1 Å². The van der Waals surface area contributed by atoms with Crippen LogP contribution in [0.15, 0.2) is 51.3 Å². The monoisotopic (exact) mass is 298 g/mol. The molecule has 3 rings (SSSR count). The number of furan rings is 1. The maximum Gasteiger partial charge on any atom is 0.205 e. The minimum atomic E-state index is 0.490. The number of nitrogens with two attached hydrogens (primary N) is 1. The maximum absolute atomic E-state index is 5.67. The summed E-state index contributed by atoms with van der Waals surface area (Å²) in [6.07, 6.45) is 1.74. The van der Waals surface area contributed by atoms with E-state index < -0.39 is 0 Å². The molecule has 0 saturated heterocycles. The van der Waals surface area contributed by atoms with Gasteiger partial charge < -0.3 is 10.2 Å². The SMILES string of the molecule is Cc1ccc(-c2ccccc2C=NNc2nc(N)cs2)o1. The van der Waals surface area contributed by atoms with Crippen molar-refractivity contribution in [2.24, 2.45) is 5.10 Å². The van der Waals surface area contributed by atoms with Gasteiger partial charge in [0.05, 0.1) is 6.21 Å². The predicted octanol–water partition coefficient (Wildman–Crippen LogP) is 3.74. The van der Waals surface area contributed by atoms with E-state index in [1.807, 2.05) is 43.3 Å². The summed E-state index contributed by atoms with van der Waals surface area (Å²) in [5.74, 6) is 2.20. The van der Waals surface area contributed by atoms with Gasteiger partial charge >= 0.3 is 0 Å². The van der Waals surface area contributed by atoms with Crippen LogP contribution in [0, 0.1) is 6.92 Å². The normalized spacial score (nSPS) is 11.1. The first kappa shape index (κ1) is 13.4. The molecule has 3 aromatic rings. The summed E-state index contributed by atoms with van der Waals surface area (Å²) in [6.45, 7) is 1.93. The van der Waals surface area contributed by atoms with Crippen LogP contribution < -0.4 is 11.2 Å². The van der Waals surface area contributed by atoms with Gasteiger partial charge in [0, 0.05) is 16.5 Å². The van der Waals surface area contributed by atoms with Gasteiger partial charge in [-0.15, -0.1) is 11.3 Å². The van der Waals surface area contributed by atoms with Gasteiger partial charge in [-0.25, -0.2) is 4.98 Å². The van der Waals surface area contributed by atoms with Crippen LogP contribution in [0.2, 0.25) is 0 Å². The van der Waals surface area contributed by atoms with E-state index in [1.165, 1.54) is 11.3 Å². The Labute approximate surface area is 126 Å². The Bertz CT molecular complexity index is 775. The summed E-state index contributed by atoms with van der Waals surface area (Å²) in [5, 5.41) is 6.62. The van der Waals surface area contributed by atoms with Crippen LogP contribution in [0.4, 0.5) is 10.9 Å². The number of hydrogen-bond donors (Lipinski definition) is 2. The molecule has 0 amide bonds. The molecule has 1 aromatic carbocycles. The van der Waals surface area contributed by atoms with Crippen LogP contribution >= 0.6 is 11.3 Å². The molecule has 0 unspecified atom stereocenters. The van der Waals surface area contributed by atoms with Crippen molar-refractivity contribution in [3.05, 3.63) is 53.1 Å². The van der Waals surface area contributed by atoms with E-state index in [9.17, 15) is 0 Å². The summed E-state index contributed by atoms with van der Waals surface area (Å²) < 4.78 is 5.67. The first-order chi connectivity index (χ1) is 10.2. The van der Waals surface area contributed by atoms with E-state index in [2.05, 4.69) is 15.5 Å². The second kappa shape index (κ2) is 5.80. The zero-order valence-electron chi connectivity index (χ0n) is 11.4. The van der Waals surface area contributed by atoms with Gasteiger partial charge in [-0.1, -0.05) is 24.3 Å². The van der Waals surface area contributed by atoms with Crippen molar-refractivity contribution in [3.8, 4) is 11.3 Å². The largest absolute Gasteiger partial charge is 0.461 e. The van der Waals surface area contributed by atoms with Gasteiger partial charge in [0.1, 0.15) is 17.3 Å². The third-order valence-corrected chi connectivity index (χ3v) is 3.62. The van der Waals surface area contributed by atoms with Gasteiger partial charge in [0.2, 0.25) is 5.13 Å². The molecule has 106 valence electrons. The second-order valence-electron chi connectivity index (χ2n) is 4.45. The number of thiazole rings is 1. The molecule has 0 spiro atoms. The first-order valence-corrected chi connectivity index (χ1v) is 7.26. The Morgan fingerprint density at radius 3 is 2.86 bits per heavy atom. The number of benzene rings is 1. The van der Waals surface area contributed by atoms with E-state index in [0.717, 1.165) is 22.6 Å². The molecule has 0 atom stereocenters. The molecule has 2 aromatic heterocycles. The Kier molecular flexibility index (Phi) is 3.70. The fourth-order valence-corrected chi connectivity index (χ4v) is 2.46. The molecule has 2 heterocycles. The van der Waals surface area contributed by atoms with Gasteiger partial charge in [0.15, 0.2) is 0 Å². The maximum atomic E-state index is 5.67. The number of nitrogens with zero attached hydrogens (tertiary/aromatic N) is 2. The zero-order valence-corrected chi connectivity index (χ0v) is 12.2. The summed E-state index contributed by atoms with van der Waals surface area (Å²) in [4.78, 5) is 4.08. The molecule has 0 radical (unpaired) electrons. The third kappa shape index (κ3) is 3.11. The standard InChI is InChI=1S/C15H14N4OS/c1-10-6-7-13(20-10)12-5-3-2-4-11(12)8-17-19-15-18-14(16)9-21-15/h2-9H,16H2,1H3,(H,18,19). The molecule has 0 saturated carbocycles. The summed E-state index contributed by atoms with van der Waals surface area (Å²) in [7, 11) is 0. The first-order valence-electron chi connectivity index (χ1n) is 6.38. The third-order valence-electron chi connectivity index (χ3n) is 2.85. The summed E-state index contributed by atoms with van der Waals surface area (Å²) in [6, 6.07) is 11.8. The molecule has 0 aliphatic heterocycles. The number of aromatic nitrogens is 1. The van der Waals surface area contributed by atoms with Crippen molar-refractivity contribution < 1.29 is 4.42 Å². The lowest BCUT2D eigenvalue weighted by Gasteiger charge is -2.02. The van der Waals surface area contributed by atoms with Crippen LogP contribution in [0.3, 0.4) is 0 Å². The highest BCUT2D eigenvalue weighted by Crippen LogP contribution is 2.24. The van der Waals surface area contributed by atoms with Crippen molar-refractivity contribution >= 4 is 28.5 Å². The van der Waals surface area contributed by atoms with E-state index in [4.69, 9.17) is 10.2 Å². The fourth-order valence-electron chi connectivity index (χ4n) is 1.91. The number of nitrogens with one attached hydrogen (secondary N) is 1. The molecule has 3 N–H and O–H groups in total. The highest BCUT2D eigenvalue weighted by Gasteiger charge is 2.06. The Balaban J connectivity index is 1.82. The number of aryl methyl sites for hydroxylation is 1. The van der Waals surface area contributed by atoms with Crippen molar-refractivity contribution in [2.75, 3.05) is 11.2 Å². The van der Waals surface area contributed by atoms with Crippen LogP contribution in [0.5, 0.6) is 0 Å². The average Bonchev–Trinajstić information content (AvgIpc) is 3.08. The van der Waals surface area contributed by atoms with E-state index >= 15 is 0 Å². The minimum absolute atomic E-state index is 0.490. The molecule has 6 heteroatoms. The summed E-state index contributed by atoms with van der Waals surface area (Å²) in [5.41, 5.74) is 10.4. The number of nitrogen functional groups attached to an aromatic ring is 1. The molecule has 21 heavy (non-hydrogen) atoms. The quantitative estimate of drug-likeness (QED) is 0.568. The van der Waals surface area contributed by atoms with Gasteiger partial charge in [-0.3, -0.25) is 5.43 Å². The number of hydrazone groups is 1. The molecule has 0 fully saturated rings. The fraction of sp³-hybridized carbons (Fsp3) is 0.0667. The van der Waals surface area contributed by atoms with E-state index in [0.29, 0.717) is 10.9 Å². The Hall–Kier alpha value is -2.60. The van der Waals surface area contributed by atoms with Crippen molar-refractivity contribution in [3.63, 3.8) is 0 Å². The van der Waals surface area contributed by atoms with Crippen LogP contribution in [0.1, 0.15) is 11.3 Å². The predicted molar refractivity (Wildman–Crippen MR) is 86.6 cm³/mol. The highest BCUT2D eigenvalue weighted by molar-refractivity contribution is 7.14. The van der Waals surface area contributed by atoms with E-state index in [-0.39, 0.29) is 0 Å². The van der Waals surface area contributed by atoms with E-state index in [1.54, 1.807) is 11.6 Å². The van der Waals surface area contributed by atoms with Crippen LogP contribution in [-0.4, -0.2) is 11.2 Å². The number of rotatable bonds is 4. The smallest absolute Gasteiger partial charge is 0.205 e. The lowest BCUT2D eigenvalue weighted by molar-refractivity contribution is 0.548. The Morgan fingerprint density at radius 1 is 1.29 bits per heavy atom. The molecular weight excluding hydrogens is 284 g/mol. The minimum Gasteiger partial charge on any atom is -0.461 e. The molecule has 5 nitrogen and oxygen atoms in total. The number of anilines is 2. The molecule has 0 aliphatic carbocycles. The highest BCUT2D eigenvalue weighted by atomic mass is 32.1. The van der Waals surface area contributed by atoms with Crippen molar-refractivity contribution in [1.29, 1.82) is 0 Å². The van der Waals surface area contributed by atoms with Crippen LogP contribution in [-0.2, 0) is 0 Å². The Morgan fingerprint density at radius 2 is 2.14 bits per heavy atom. The van der Waals surface area contributed by atoms with Crippen LogP contribution in [0.25, 0.3) is 11.3 Å². The lowest BCUT2D eigenvalue weighted by atomic mass is 10.1. The van der Waals surface area contributed by atoms with Gasteiger partial charge in [-0.2, -0.15) is 5.10 Å². The zero-order chi connectivity index (χ0) is 14.7. The number of hydrogen-bond acceptors (Lipinski definition) is 6. The topological polar surface area (TPSA) is 76.4 Å². The molecule has 0 aliphatic rings. The molecule has 0 bridgehead atoms. The van der Waals surface area contributed by atoms with Gasteiger partial charge in [0.25, 0.3) is 0 Å². The second-order valence-corrected chi connectivity index (χ2v) is 5.30. The van der Waals surface area contributed by atoms with Crippen molar-refractivity contribution in [1.82, 2.24) is 4.98 Å². The summed E-state index contributed by atoms with van der Waals surface area (Å²) >= 11 is 1.41. The lowest BCUT2D eigenvalue weighted by Crippen LogP contribution is -1.92.